The Morgan fingerprint density at radius 2 is 1.44 bits per heavy atom. The molecule has 0 saturated carbocycles. The van der Waals surface area contributed by atoms with Crippen molar-refractivity contribution in [1.82, 2.24) is 0 Å². The summed E-state index contributed by atoms with van der Waals surface area (Å²) in [6.07, 6.45) is 0. The van der Waals surface area contributed by atoms with E-state index in [4.69, 9.17) is 0 Å². The molecule has 1 aromatic carbocycles. The van der Waals surface area contributed by atoms with Gasteiger partial charge in [-0.3, -0.25) is 0 Å². The summed E-state index contributed by atoms with van der Waals surface area (Å²) >= 11 is 0. The second-order valence-corrected chi connectivity index (χ2v) is 2.08. The molecule has 54 valence electrons. The number of halogens is 1. The van der Waals surface area contributed by atoms with Crippen LogP contribution in [0.15, 0.2) is 30.3 Å². The van der Waals surface area contributed by atoms with Gasteiger partial charge in [-0.15, -0.1) is 9.24 Å². The quantitative estimate of drug-likeness (QED) is 0.349. The van der Waals surface area contributed by atoms with Crippen molar-refractivity contribution < 1.29 is 29.5 Å². The molecule has 0 aliphatic rings. The fourth-order valence-corrected chi connectivity index (χ4v) is 0.675. The SMILES string of the molecule is Pc1ccccc1.[Cl-].[Cu+]. The topological polar surface area (TPSA) is 0 Å². The molecular formula is C6H7ClCuP. The molecule has 0 aliphatic heterocycles. The van der Waals surface area contributed by atoms with Gasteiger partial charge in [0.2, 0.25) is 0 Å². The van der Waals surface area contributed by atoms with Crippen molar-refractivity contribution in [2.75, 3.05) is 0 Å². The standard InChI is InChI=1S/C6H7P.ClH.Cu/c7-6-4-2-1-3-5-6;;/h1-5H,7H2;1H;/q;;+1/p-1. The Balaban J connectivity index is 0. The van der Waals surface area contributed by atoms with Crippen molar-refractivity contribution >= 4 is 14.5 Å². The molecule has 0 aliphatic carbocycles. The van der Waals surface area contributed by atoms with Crippen molar-refractivity contribution in [1.29, 1.82) is 0 Å². The predicted molar refractivity (Wildman–Crippen MR) is 35.8 cm³/mol. The fourth-order valence-electron chi connectivity index (χ4n) is 0.453. The summed E-state index contributed by atoms with van der Waals surface area (Å²) in [6.45, 7) is 0. The molecule has 0 nitrogen and oxygen atoms in total. The first-order valence-corrected chi connectivity index (χ1v) is 2.78. The van der Waals surface area contributed by atoms with Crippen molar-refractivity contribution in [2.24, 2.45) is 0 Å². The molecule has 0 aromatic heterocycles. The first-order valence-electron chi connectivity index (χ1n) is 2.20. The van der Waals surface area contributed by atoms with Crippen LogP contribution in [0.5, 0.6) is 0 Å². The van der Waals surface area contributed by atoms with Gasteiger partial charge in [-0.05, 0) is 5.30 Å². The van der Waals surface area contributed by atoms with Crippen molar-refractivity contribution in [3.8, 4) is 0 Å². The van der Waals surface area contributed by atoms with E-state index in [0.717, 1.165) is 0 Å². The van der Waals surface area contributed by atoms with Gasteiger partial charge in [-0.25, -0.2) is 0 Å². The molecule has 9 heavy (non-hydrogen) atoms. The minimum Gasteiger partial charge on any atom is -1.00 e. The Morgan fingerprint density at radius 1 is 1.00 bits per heavy atom. The van der Waals surface area contributed by atoms with E-state index in [9.17, 15) is 0 Å². The molecule has 0 radical (unpaired) electrons. The molecule has 1 rings (SSSR count). The first kappa shape index (κ1) is 12.2. The van der Waals surface area contributed by atoms with Crippen LogP contribution < -0.4 is 17.7 Å². The van der Waals surface area contributed by atoms with Crippen LogP contribution in [0.4, 0.5) is 0 Å². The van der Waals surface area contributed by atoms with Crippen LogP contribution in [0.1, 0.15) is 0 Å². The summed E-state index contributed by atoms with van der Waals surface area (Å²) in [6, 6.07) is 10.1. The van der Waals surface area contributed by atoms with Crippen LogP contribution in [0.3, 0.4) is 0 Å². The first-order chi connectivity index (χ1) is 3.39. The average Bonchev–Trinajstić information content (AvgIpc) is 1.69. The maximum absolute atomic E-state index is 2.63. The minimum absolute atomic E-state index is 0. The molecule has 0 heterocycles. The number of hydrogen-bond acceptors (Lipinski definition) is 0. The van der Waals surface area contributed by atoms with E-state index < -0.39 is 0 Å². The normalized spacial score (nSPS) is 6.78. The Bertz CT molecular complexity index is 143. The number of hydrogen-bond donors (Lipinski definition) is 0. The van der Waals surface area contributed by atoms with E-state index in [1.54, 1.807) is 0 Å². The summed E-state index contributed by atoms with van der Waals surface area (Å²) in [7, 11) is 2.63. The van der Waals surface area contributed by atoms with Crippen LogP contribution in [0.2, 0.25) is 0 Å². The van der Waals surface area contributed by atoms with E-state index in [0.29, 0.717) is 0 Å². The van der Waals surface area contributed by atoms with Gasteiger partial charge in [-0.1, -0.05) is 30.3 Å². The van der Waals surface area contributed by atoms with E-state index in [2.05, 4.69) is 9.24 Å². The monoisotopic (exact) mass is 208 g/mol. The third-order valence-electron chi connectivity index (χ3n) is 0.800. The molecule has 0 spiro atoms. The van der Waals surface area contributed by atoms with Gasteiger partial charge in [0.05, 0.1) is 0 Å². The summed E-state index contributed by atoms with van der Waals surface area (Å²) in [5.41, 5.74) is 0. The summed E-state index contributed by atoms with van der Waals surface area (Å²) < 4.78 is 0. The van der Waals surface area contributed by atoms with Crippen molar-refractivity contribution in [3.63, 3.8) is 0 Å². The molecule has 0 saturated heterocycles. The van der Waals surface area contributed by atoms with Crippen LogP contribution in [0, 0.1) is 0 Å². The van der Waals surface area contributed by atoms with Gasteiger partial charge in [0.15, 0.2) is 0 Å². The van der Waals surface area contributed by atoms with Crippen molar-refractivity contribution in [3.05, 3.63) is 30.3 Å². The Kier molecular flexibility index (Phi) is 8.89. The van der Waals surface area contributed by atoms with Gasteiger partial charge in [-0.2, -0.15) is 0 Å². The average molecular weight is 209 g/mol. The zero-order valence-electron chi connectivity index (χ0n) is 4.64. The van der Waals surface area contributed by atoms with Crippen LogP contribution in [-0.2, 0) is 17.1 Å². The second kappa shape index (κ2) is 6.58. The minimum atomic E-state index is 0. The molecule has 3 heteroatoms. The van der Waals surface area contributed by atoms with E-state index in [-0.39, 0.29) is 29.5 Å². The van der Waals surface area contributed by atoms with Crippen LogP contribution >= 0.6 is 9.24 Å². The maximum Gasteiger partial charge on any atom is 1.00 e. The maximum atomic E-state index is 2.63. The Labute approximate surface area is 74.5 Å². The third kappa shape index (κ3) is 4.93. The molecule has 1 atom stereocenters. The smallest absolute Gasteiger partial charge is 1.00 e. The number of rotatable bonds is 0. The van der Waals surface area contributed by atoms with Gasteiger partial charge in [0.25, 0.3) is 0 Å². The second-order valence-electron chi connectivity index (χ2n) is 1.41. The van der Waals surface area contributed by atoms with Gasteiger partial charge < -0.3 is 12.4 Å². The predicted octanol–water partition coefficient (Wildman–Crippen LogP) is -1.81. The molecule has 0 N–H and O–H groups in total. The zero-order valence-corrected chi connectivity index (χ0v) is 7.50. The molecule has 0 amide bonds. The van der Waals surface area contributed by atoms with E-state index in [1.807, 2.05) is 30.3 Å². The van der Waals surface area contributed by atoms with E-state index in [1.165, 1.54) is 5.30 Å². The summed E-state index contributed by atoms with van der Waals surface area (Å²) in [5.74, 6) is 0. The Morgan fingerprint density at radius 3 is 1.67 bits per heavy atom. The zero-order chi connectivity index (χ0) is 5.11. The van der Waals surface area contributed by atoms with E-state index >= 15 is 0 Å². The third-order valence-corrected chi connectivity index (χ3v) is 1.18. The van der Waals surface area contributed by atoms with Gasteiger partial charge >= 0.3 is 17.1 Å². The fraction of sp³-hybridized carbons (Fsp3) is 0. The number of benzene rings is 1. The van der Waals surface area contributed by atoms with Crippen LogP contribution in [0.25, 0.3) is 0 Å². The van der Waals surface area contributed by atoms with Gasteiger partial charge in [0, 0.05) is 0 Å². The largest absolute Gasteiger partial charge is 1.00 e. The van der Waals surface area contributed by atoms with Crippen molar-refractivity contribution in [2.45, 2.75) is 0 Å². The molecule has 1 unspecified atom stereocenters. The summed E-state index contributed by atoms with van der Waals surface area (Å²) in [5, 5.41) is 1.24. The molecule has 0 fully saturated rings. The van der Waals surface area contributed by atoms with Gasteiger partial charge in [0.1, 0.15) is 0 Å². The molecular weight excluding hydrogens is 202 g/mol. The Hall–Kier alpha value is 0.459. The molecule has 1 aromatic rings. The van der Waals surface area contributed by atoms with Crippen LogP contribution in [-0.4, -0.2) is 0 Å². The molecule has 0 bridgehead atoms. The summed E-state index contributed by atoms with van der Waals surface area (Å²) in [4.78, 5) is 0.